The van der Waals surface area contributed by atoms with Crippen LogP contribution in [0.1, 0.15) is 32.3 Å². The van der Waals surface area contributed by atoms with Gasteiger partial charge in [-0.25, -0.2) is 4.79 Å². The molecule has 140 valence electrons. The molecule has 26 heavy (non-hydrogen) atoms. The second kappa shape index (κ2) is 9.75. The molecule has 6 nitrogen and oxygen atoms in total. The molecule has 1 aliphatic rings. The Labute approximate surface area is 153 Å². The largest absolute Gasteiger partial charge is 0.460 e. The van der Waals surface area contributed by atoms with Crippen LogP contribution < -0.4 is 0 Å². The van der Waals surface area contributed by atoms with Crippen LogP contribution >= 0.6 is 0 Å². The molecule has 6 heteroatoms. The first kappa shape index (κ1) is 19.7. The summed E-state index contributed by atoms with van der Waals surface area (Å²) in [5.41, 5.74) is 0.965. The molecule has 0 aromatic heterocycles. The Hall–Kier alpha value is -2.63. The van der Waals surface area contributed by atoms with Crippen LogP contribution in [-0.4, -0.2) is 48.5 Å². The Kier molecular flexibility index (Phi) is 7.38. The average molecular weight is 359 g/mol. The van der Waals surface area contributed by atoms with Gasteiger partial charge in [-0.1, -0.05) is 30.3 Å². The van der Waals surface area contributed by atoms with E-state index in [-0.39, 0.29) is 24.5 Å². The highest BCUT2D eigenvalue weighted by Crippen LogP contribution is 2.19. The second-order valence-electron chi connectivity index (χ2n) is 6.49. The molecular formula is C20H25NO5. The van der Waals surface area contributed by atoms with Gasteiger partial charge in [0.1, 0.15) is 0 Å². The van der Waals surface area contributed by atoms with E-state index in [2.05, 4.69) is 0 Å². The quantitative estimate of drug-likeness (QED) is 0.576. The lowest BCUT2D eigenvalue weighted by Gasteiger charge is -2.30. The summed E-state index contributed by atoms with van der Waals surface area (Å²) in [5.74, 6) is -1.31. The number of hydrogen-bond acceptors (Lipinski definition) is 5. The molecule has 1 aromatic carbocycles. The van der Waals surface area contributed by atoms with Crippen molar-refractivity contribution in [3.05, 3.63) is 42.0 Å². The summed E-state index contributed by atoms with van der Waals surface area (Å²) < 4.78 is 9.94. The van der Waals surface area contributed by atoms with Crippen LogP contribution in [0, 0.1) is 5.92 Å². The van der Waals surface area contributed by atoms with Gasteiger partial charge in [-0.15, -0.1) is 0 Å². The Morgan fingerprint density at radius 3 is 2.42 bits per heavy atom. The molecule has 1 saturated heterocycles. The minimum Gasteiger partial charge on any atom is -0.460 e. The van der Waals surface area contributed by atoms with Crippen LogP contribution in [0.2, 0.25) is 0 Å². The van der Waals surface area contributed by atoms with Gasteiger partial charge in [-0.3, -0.25) is 9.59 Å². The lowest BCUT2D eigenvalue weighted by atomic mass is 9.97. The molecule has 1 heterocycles. The van der Waals surface area contributed by atoms with Gasteiger partial charge in [-0.05, 0) is 38.3 Å². The van der Waals surface area contributed by atoms with Crippen LogP contribution in [0.5, 0.6) is 0 Å². The van der Waals surface area contributed by atoms with Gasteiger partial charge in [0, 0.05) is 19.2 Å². The number of hydrogen-bond donors (Lipinski definition) is 0. The topological polar surface area (TPSA) is 72.9 Å². The molecule has 0 saturated carbocycles. The van der Waals surface area contributed by atoms with Crippen LogP contribution in [0.4, 0.5) is 0 Å². The summed E-state index contributed by atoms with van der Waals surface area (Å²) in [4.78, 5) is 37.4. The molecular weight excluding hydrogens is 334 g/mol. The number of nitrogens with zero attached hydrogens (tertiary/aromatic N) is 1. The highest BCUT2D eigenvalue weighted by Gasteiger charge is 2.28. The van der Waals surface area contributed by atoms with Gasteiger partial charge in [0.2, 0.25) is 5.91 Å². The van der Waals surface area contributed by atoms with Gasteiger partial charge in [0.05, 0.1) is 12.0 Å². The summed E-state index contributed by atoms with van der Waals surface area (Å²) >= 11 is 0. The Bertz CT molecular complexity index is 645. The van der Waals surface area contributed by atoms with Gasteiger partial charge >= 0.3 is 11.9 Å². The van der Waals surface area contributed by atoms with Crippen molar-refractivity contribution in [3.8, 4) is 0 Å². The van der Waals surface area contributed by atoms with Crippen molar-refractivity contribution in [2.75, 3.05) is 19.7 Å². The number of benzene rings is 1. The molecule has 0 bridgehead atoms. The fourth-order valence-electron chi connectivity index (χ4n) is 2.72. The third kappa shape index (κ3) is 6.35. The summed E-state index contributed by atoms with van der Waals surface area (Å²) in [6, 6.07) is 9.61. The maximum absolute atomic E-state index is 12.2. The molecule has 1 fully saturated rings. The third-order valence-electron chi connectivity index (χ3n) is 4.06. The molecule has 0 atom stereocenters. The lowest BCUT2D eigenvalue weighted by Crippen LogP contribution is -2.40. The van der Waals surface area contributed by atoms with Crippen LogP contribution in [0.25, 0.3) is 6.08 Å². The zero-order valence-corrected chi connectivity index (χ0v) is 15.2. The lowest BCUT2D eigenvalue weighted by molar-refractivity contribution is -0.164. The van der Waals surface area contributed by atoms with Crippen molar-refractivity contribution < 1.29 is 23.9 Å². The standard InChI is InChI=1S/C20H25NO5/c1-15(2)26-19(23)14-25-20(24)17-10-12-21(13-11-17)18(22)9-8-16-6-4-3-5-7-16/h3-9,15,17H,10-14H2,1-2H3/b9-8+. The predicted molar refractivity (Wildman–Crippen MR) is 97.0 cm³/mol. The molecule has 0 unspecified atom stereocenters. The number of ether oxygens (including phenoxy) is 2. The maximum atomic E-state index is 12.2. The van der Waals surface area contributed by atoms with E-state index < -0.39 is 11.9 Å². The molecule has 1 amide bonds. The van der Waals surface area contributed by atoms with E-state index in [1.54, 1.807) is 30.9 Å². The summed E-state index contributed by atoms with van der Waals surface area (Å²) in [5, 5.41) is 0. The van der Waals surface area contributed by atoms with E-state index in [1.165, 1.54) is 0 Å². The SMILES string of the molecule is CC(C)OC(=O)COC(=O)C1CCN(C(=O)/C=C/c2ccccc2)CC1. The highest BCUT2D eigenvalue weighted by atomic mass is 16.6. The van der Waals surface area contributed by atoms with E-state index in [9.17, 15) is 14.4 Å². The number of carbonyl (C=O) groups is 3. The Morgan fingerprint density at radius 1 is 1.15 bits per heavy atom. The van der Waals surface area contributed by atoms with Crippen molar-refractivity contribution >= 4 is 23.9 Å². The zero-order valence-electron chi connectivity index (χ0n) is 15.2. The first-order valence-electron chi connectivity index (χ1n) is 8.84. The molecule has 0 aliphatic carbocycles. The fraction of sp³-hybridized carbons (Fsp3) is 0.450. The van der Waals surface area contributed by atoms with E-state index in [0.717, 1.165) is 5.56 Å². The molecule has 0 N–H and O–H groups in total. The summed E-state index contributed by atoms with van der Waals surface area (Å²) in [6.07, 6.45) is 4.16. The fourth-order valence-corrected chi connectivity index (χ4v) is 2.72. The molecule has 0 radical (unpaired) electrons. The minimum absolute atomic E-state index is 0.0684. The van der Waals surface area contributed by atoms with Crippen LogP contribution in [0.3, 0.4) is 0 Å². The smallest absolute Gasteiger partial charge is 0.344 e. The number of carbonyl (C=O) groups excluding carboxylic acids is 3. The average Bonchev–Trinajstić information content (AvgIpc) is 2.64. The number of likely N-dealkylation sites (tertiary alicyclic amines) is 1. The maximum Gasteiger partial charge on any atom is 0.344 e. The van der Waals surface area contributed by atoms with Crippen LogP contribution in [-0.2, 0) is 23.9 Å². The Balaban J connectivity index is 1.74. The minimum atomic E-state index is -0.549. The number of piperidine rings is 1. The van der Waals surface area contributed by atoms with E-state index in [4.69, 9.17) is 9.47 Å². The molecule has 1 aliphatic heterocycles. The zero-order chi connectivity index (χ0) is 18.9. The van der Waals surface area contributed by atoms with Crippen molar-refractivity contribution in [2.24, 2.45) is 5.92 Å². The van der Waals surface area contributed by atoms with Gasteiger partial charge in [0.25, 0.3) is 0 Å². The first-order chi connectivity index (χ1) is 12.5. The van der Waals surface area contributed by atoms with Crippen LogP contribution in [0.15, 0.2) is 36.4 Å². The first-order valence-corrected chi connectivity index (χ1v) is 8.84. The van der Waals surface area contributed by atoms with Gasteiger partial charge in [-0.2, -0.15) is 0 Å². The van der Waals surface area contributed by atoms with Crippen molar-refractivity contribution in [1.29, 1.82) is 0 Å². The highest BCUT2D eigenvalue weighted by molar-refractivity contribution is 5.92. The number of esters is 2. The normalized spacial score (nSPS) is 15.3. The predicted octanol–water partition coefficient (Wildman–Crippen LogP) is 2.43. The van der Waals surface area contributed by atoms with E-state index in [0.29, 0.717) is 25.9 Å². The Morgan fingerprint density at radius 2 is 1.81 bits per heavy atom. The van der Waals surface area contributed by atoms with E-state index in [1.807, 2.05) is 30.3 Å². The molecule has 0 spiro atoms. The summed E-state index contributed by atoms with van der Waals surface area (Å²) in [7, 11) is 0. The second-order valence-corrected chi connectivity index (χ2v) is 6.49. The van der Waals surface area contributed by atoms with Crippen molar-refractivity contribution in [2.45, 2.75) is 32.8 Å². The third-order valence-corrected chi connectivity index (χ3v) is 4.06. The molecule has 1 aromatic rings. The number of rotatable bonds is 6. The van der Waals surface area contributed by atoms with Gasteiger partial charge < -0.3 is 14.4 Å². The van der Waals surface area contributed by atoms with Gasteiger partial charge in [0.15, 0.2) is 6.61 Å². The number of amides is 1. The van der Waals surface area contributed by atoms with E-state index >= 15 is 0 Å². The molecule has 2 rings (SSSR count). The van der Waals surface area contributed by atoms with Crippen molar-refractivity contribution in [3.63, 3.8) is 0 Å². The monoisotopic (exact) mass is 359 g/mol. The summed E-state index contributed by atoms with van der Waals surface area (Å²) in [6.45, 7) is 4.09. The van der Waals surface area contributed by atoms with Crippen molar-refractivity contribution in [1.82, 2.24) is 4.90 Å².